The molecular formula is C14H34N3O2+. The second-order valence-corrected chi connectivity index (χ2v) is 4.84. The maximum Gasteiger partial charge on any atom is 0.320 e. The Hall–Kier alpha value is -0.650. The topological polar surface area (TPSA) is 89.3 Å². The summed E-state index contributed by atoms with van der Waals surface area (Å²) in [5.74, 6) is -0.933. The van der Waals surface area contributed by atoms with E-state index in [-0.39, 0.29) is 0 Å². The summed E-state index contributed by atoms with van der Waals surface area (Å²) < 4.78 is 1.28. The van der Waals surface area contributed by atoms with Crippen molar-refractivity contribution in [2.75, 3.05) is 32.7 Å². The van der Waals surface area contributed by atoms with E-state index in [9.17, 15) is 4.79 Å². The van der Waals surface area contributed by atoms with Gasteiger partial charge in [-0.25, -0.2) is 0 Å². The van der Waals surface area contributed by atoms with E-state index in [2.05, 4.69) is 27.7 Å². The van der Waals surface area contributed by atoms with Gasteiger partial charge in [0.15, 0.2) is 0 Å². The second kappa shape index (κ2) is 12.4. The molecule has 0 fully saturated rings. The van der Waals surface area contributed by atoms with E-state index in [0.29, 0.717) is 13.0 Å². The van der Waals surface area contributed by atoms with Crippen LogP contribution in [0.2, 0.25) is 0 Å². The van der Waals surface area contributed by atoms with Crippen molar-refractivity contribution in [1.82, 2.24) is 0 Å². The number of nitrogens with zero attached hydrogens (tertiary/aromatic N) is 1. The maximum absolute atomic E-state index is 10.1. The predicted molar refractivity (Wildman–Crippen MR) is 80.9 cm³/mol. The van der Waals surface area contributed by atoms with E-state index in [1.54, 1.807) is 0 Å². The Labute approximate surface area is 118 Å². The highest BCUT2D eigenvalue weighted by atomic mass is 16.4. The first kappa shape index (κ1) is 20.7. The quantitative estimate of drug-likeness (QED) is 0.439. The van der Waals surface area contributed by atoms with E-state index in [1.807, 2.05) is 0 Å². The molecule has 0 aromatic carbocycles. The molecule has 19 heavy (non-hydrogen) atoms. The molecule has 0 radical (unpaired) electrons. The lowest BCUT2D eigenvalue weighted by Gasteiger charge is -2.34. The van der Waals surface area contributed by atoms with Gasteiger partial charge in [0.25, 0.3) is 0 Å². The molecule has 1 atom stereocenters. The highest BCUT2D eigenvalue weighted by Gasteiger charge is 2.16. The fourth-order valence-electron chi connectivity index (χ4n) is 1.97. The molecule has 0 heterocycles. The van der Waals surface area contributed by atoms with Gasteiger partial charge in [-0.2, -0.15) is 0 Å². The maximum atomic E-state index is 10.1. The van der Waals surface area contributed by atoms with Crippen LogP contribution in [-0.4, -0.2) is 54.3 Å². The van der Waals surface area contributed by atoms with Gasteiger partial charge in [-0.3, -0.25) is 4.79 Å². The van der Waals surface area contributed by atoms with Crippen molar-refractivity contribution in [2.45, 2.75) is 53.0 Å². The molecule has 5 nitrogen and oxygen atoms in total. The molecule has 116 valence electrons. The van der Waals surface area contributed by atoms with Crippen molar-refractivity contribution >= 4 is 5.97 Å². The lowest BCUT2D eigenvalue weighted by molar-refractivity contribution is -0.921. The average molecular weight is 276 g/mol. The van der Waals surface area contributed by atoms with Gasteiger partial charge >= 0.3 is 5.97 Å². The monoisotopic (exact) mass is 276 g/mol. The summed E-state index contributed by atoms with van der Waals surface area (Å²) in [5, 5.41) is 8.33. The van der Waals surface area contributed by atoms with Crippen LogP contribution in [0.1, 0.15) is 47.0 Å². The number of aliphatic carboxylic acids is 1. The van der Waals surface area contributed by atoms with Crippen molar-refractivity contribution in [2.24, 2.45) is 11.5 Å². The number of carboxylic acids is 1. The summed E-state index contributed by atoms with van der Waals surface area (Å²) in [7, 11) is 0. The summed E-state index contributed by atoms with van der Waals surface area (Å²) >= 11 is 0. The Morgan fingerprint density at radius 3 is 1.68 bits per heavy atom. The van der Waals surface area contributed by atoms with Gasteiger partial charge in [-0.1, -0.05) is 6.42 Å². The highest BCUT2D eigenvalue weighted by molar-refractivity contribution is 5.72. The van der Waals surface area contributed by atoms with Crippen molar-refractivity contribution < 1.29 is 14.4 Å². The number of nitrogens with two attached hydrogens (primary N) is 2. The minimum absolute atomic E-state index is 0.520. The molecule has 0 saturated carbocycles. The third-order valence-electron chi connectivity index (χ3n) is 3.97. The van der Waals surface area contributed by atoms with Gasteiger partial charge in [0.1, 0.15) is 6.04 Å². The molecule has 0 saturated heterocycles. The van der Waals surface area contributed by atoms with Crippen LogP contribution in [0.15, 0.2) is 0 Å². The first-order valence-corrected chi connectivity index (χ1v) is 7.46. The van der Waals surface area contributed by atoms with Gasteiger partial charge in [0.05, 0.1) is 26.2 Å². The predicted octanol–water partition coefficient (Wildman–Crippen LogP) is 1.41. The Kier molecular flexibility index (Phi) is 13.5. The van der Waals surface area contributed by atoms with Crippen LogP contribution in [0, 0.1) is 0 Å². The minimum atomic E-state index is -0.933. The normalized spacial score (nSPS) is 12.5. The number of carboxylic acid groups (broad SMARTS) is 1. The number of hydrogen-bond donors (Lipinski definition) is 3. The number of hydrogen-bond acceptors (Lipinski definition) is 3. The Morgan fingerprint density at radius 2 is 1.47 bits per heavy atom. The zero-order chi connectivity index (χ0) is 15.3. The number of carbonyl (C=O) groups is 1. The number of rotatable bonds is 9. The van der Waals surface area contributed by atoms with Gasteiger partial charge in [-0.05, 0) is 47.1 Å². The molecule has 5 heteroatoms. The molecule has 0 unspecified atom stereocenters. The number of unbranched alkanes of at least 4 members (excludes halogenated alkanes) is 1. The van der Waals surface area contributed by atoms with E-state index in [4.69, 9.17) is 16.6 Å². The molecule has 0 aromatic heterocycles. The summed E-state index contributed by atoms with van der Waals surface area (Å²) in [6, 6.07) is -0.716. The van der Waals surface area contributed by atoms with Crippen LogP contribution >= 0.6 is 0 Å². The summed E-state index contributed by atoms with van der Waals surface area (Å²) in [6.45, 7) is 14.8. The van der Waals surface area contributed by atoms with Crippen LogP contribution in [0.3, 0.4) is 0 Å². The van der Waals surface area contributed by atoms with Gasteiger partial charge in [0, 0.05) is 0 Å². The first-order valence-electron chi connectivity index (χ1n) is 7.46. The van der Waals surface area contributed by atoms with Crippen LogP contribution in [0.25, 0.3) is 0 Å². The fourth-order valence-corrected chi connectivity index (χ4v) is 1.97. The summed E-state index contributed by atoms with van der Waals surface area (Å²) in [6.07, 6.45) is 2.16. The largest absolute Gasteiger partial charge is 0.480 e. The van der Waals surface area contributed by atoms with Gasteiger partial charge in [-0.15, -0.1) is 0 Å². The average Bonchev–Trinajstić information content (AvgIpc) is 2.43. The molecular weight excluding hydrogens is 242 g/mol. The van der Waals surface area contributed by atoms with E-state index in [0.717, 1.165) is 12.8 Å². The Balaban J connectivity index is 0. The van der Waals surface area contributed by atoms with Crippen molar-refractivity contribution in [3.63, 3.8) is 0 Å². The van der Waals surface area contributed by atoms with Crippen LogP contribution < -0.4 is 11.5 Å². The highest BCUT2D eigenvalue weighted by Crippen LogP contribution is 2.03. The van der Waals surface area contributed by atoms with Crippen molar-refractivity contribution in [3.8, 4) is 0 Å². The molecule has 0 bridgehead atoms. The SMILES string of the molecule is CC[N+](CC)(CC)CC.NCCCC[C@H](N)C(=O)O. The van der Waals surface area contributed by atoms with E-state index >= 15 is 0 Å². The third kappa shape index (κ3) is 9.87. The first-order chi connectivity index (χ1) is 8.92. The molecule has 0 amide bonds. The molecule has 0 aliphatic rings. The molecule has 5 N–H and O–H groups in total. The van der Waals surface area contributed by atoms with Crippen LogP contribution in [-0.2, 0) is 4.79 Å². The standard InChI is InChI=1S/C8H20N.C6H14N2O2/c1-5-9(6-2,7-3)8-4;7-4-2-1-3-5(8)6(9)10/h5-8H2,1-4H3;5H,1-4,7-8H2,(H,9,10)/q+1;/t;5-/m.0/s1. The zero-order valence-corrected chi connectivity index (χ0v) is 13.2. The minimum Gasteiger partial charge on any atom is -0.480 e. The molecule has 0 aliphatic carbocycles. The van der Waals surface area contributed by atoms with Crippen molar-refractivity contribution in [1.29, 1.82) is 0 Å². The fraction of sp³-hybridized carbons (Fsp3) is 0.929. The molecule has 0 aromatic rings. The van der Waals surface area contributed by atoms with E-state index < -0.39 is 12.0 Å². The summed E-state index contributed by atoms with van der Waals surface area (Å²) in [4.78, 5) is 10.1. The Bertz CT molecular complexity index is 201. The lowest BCUT2D eigenvalue weighted by Crippen LogP contribution is -2.47. The smallest absolute Gasteiger partial charge is 0.320 e. The second-order valence-electron chi connectivity index (χ2n) is 4.84. The molecule has 0 aliphatic heterocycles. The molecule has 0 rings (SSSR count). The summed E-state index contributed by atoms with van der Waals surface area (Å²) in [5.41, 5.74) is 10.4. The third-order valence-corrected chi connectivity index (χ3v) is 3.97. The Morgan fingerprint density at radius 1 is 1.05 bits per heavy atom. The van der Waals surface area contributed by atoms with Crippen LogP contribution in [0.5, 0.6) is 0 Å². The van der Waals surface area contributed by atoms with Crippen molar-refractivity contribution in [3.05, 3.63) is 0 Å². The zero-order valence-electron chi connectivity index (χ0n) is 13.2. The van der Waals surface area contributed by atoms with Gasteiger partial charge < -0.3 is 21.1 Å². The number of quaternary nitrogens is 1. The molecule has 0 spiro atoms. The van der Waals surface area contributed by atoms with Crippen LogP contribution in [0.4, 0.5) is 0 Å². The van der Waals surface area contributed by atoms with Gasteiger partial charge in [0.2, 0.25) is 0 Å². The lowest BCUT2D eigenvalue weighted by atomic mass is 10.1. The van der Waals surface area contributed by atoms with E-state index in [1.165, 1.54) is 30.7 Å².